The summed E-state index contributed by atoms with van der Waals surface area (Å²) in [6.45, 7) is 4.44. The SMILES string of the molecule is C=CCC(O)CC1CCCO1. The highest BCUT2D eigenvalue weighted by molar-refractivity contribution is 4.76. The Morgan fingerprint density at radius 2 is 2.55 bits per heavy atom. The van der Waals surface area contributed by atoms with Crippen molar-refractivity contribution in [3.05, 3.63) is 12.7 Å². The van der Waals surface area contributed by atoms with Crippen LogP contribution in [0.1, 0.15) is 25.7 Å². The fraction of sp³-hybridized carbons (Fsp3) is 0.778. The topological polar surface area (TPSA) is 29.5 Å². The lowest BCUT2D eigenvalue weighted by atomic mass is 10.1. The first-order valence-electron chi connectivity index (χ1n) is 4.23. The maximum atomic E-state index is 9.36. The van der Waals surface area contributed by atoms with Crippen molar-refractivity contribution in [1.82, 2.24) is 0 Å². The molecule has 0 radical (unpaired) electrons. The molecule has 1 heterocycles. The highest BCUT2D eigenvalue weighted by Crippen LogP contribution is 2.17. The lowest BCUT2D eigenvalue weighted by molar-refractivity contribution is 0.0551. The van der Waals surface area contributed by atoms with Crippen LogP contribution in [-0.2, 0) is 4.74 Å². The zero-order valence-corrected chi connectivity index (χ0v) is 6.83. The van der Waals surface area contributed by atoms with E-state index in [0.29, 0.717) is 12.5 Å². The molecule has 0 aromatic rings. The van der Waals surface area contributed by atoms with Crippen molar-refractivity contribution >= 4 is 0 Å². The second kappa shape index (κ2) is 4.52. The first kappa shape index (κ1) is 8.75. The molecule has 0 saturated carbocycles. The summed E-state index contributed by atoms with van der Waals surface area (Å²) in [6, 6.07) is 0. The molecule has 1 fully saturated rings. The highest BCUT2D eigenvalue weighted by Gasteiger charge is 2.18. The van der Waals surface area contributed by atoms with Gasteiger partial charge in [-0.25, -0.2) is 0 Å². The molecule has 0 aliphatic carbocycles. The second-order valence-electron chi connectivity index (χ2n) is 3.05. The molecule has 0 aromatic carbocycles. The Morgan fingerprint density at radius 3 is 3.09 bits per heavy atom. The van der Waals surface area contributed by atoms with Gasteiger partial charge in [-0.1, -0.05) is 6.08 Å². The van der Waals surface area contributed by atoms with E-state index in [0.717, 1.165) is 25.9 Å². The van der Waals surface area contributed by atoms with E-state index in [1.54, 1.807) is 6.08 Å². The standard InChI is InChI=1S/C9H16O2/c1-2-4-8(10)7-9-5-3-6-11-9/h2,8-10H,1,3-7H2. The van der Waals surface area contributed by atoms with E-state index in [9.17, 15) is 5.11 Å². The molecule has 64 valence electrons. The number of hydrogen-bond donors (Lipinski definition) is 1. The van der Waals surface area contributed by atoms with Crippen LogP contribution in [-0.4, -0.2) is 23.9 Å². The largest absolute Gasteiger partial charge is 0.393 e. The molecule has 1 saturated heterocycles. The number of ether oxygens (including phenoxy) is 1. The first-order valence-corrected chi connectivity index (χ1v) is 4.23. The second-order valence-corrected chi connectivity index (χ2v) is 3.05. The Kier molecular flexibility index (Phi) is 3.60. The van der Waals surface area contributed by atoms with Gasteiger partial charge < -0.3 is 9.84 Å². The van der Waals surface area contributed by atoms with Crippen molar-refractivity contribution in [2.24, 2.45) is 0 Å². The van der Waals surface area contributed by atoms with Crippen molar-refractivity contribution in [3.8, 4) is 0 Å². The molecule has 1 N–H and O–H groups in total. The van der Waals surface area contributed by atoms with Gasteiger partial charge in [0, 0.05) is 6.61 Å². The fourth-order valence-electron chi connectivity index (χ4n) is 1.42. The Hall–Kier alpha value is -0.340. The van der Waals surface area contributed by atoms with E-state index < -0.39 is 0 Å². The summed E-state index contributed by atoms with van der Waals surface area (Å²) < 4.78 is 5.38. The van der Waals surface area contributed by atoms with Crippen LogP contribution in [0.15, 0.2) is 12.7 Å². The summed E-state index contributed by atoms with van der Waals surface area (Å²) in [5, 5.41) is 9.36. The average Bonchev–Trinajstić information content (AvgIpc) is 2.40. The Morgan fingerprint density at radius 1 is 1.73 bits per heavy atom. The van der Waals surface area contributed by atoms with Gasteiger partial charge in [0.2, 0.25) is 0 Å². The van der Waals surface area contributed by atoms with Crippen molar-refractivity contribution in [3.63, 3.8) is 0 Å². The van der Waals surface area contributed by atoms with Crippen LogP contribution in [0.2, 0.25) is 0 Å². The van der Waals surface area contributed by atoms with E-state index in [1.165, 1.54) is 0 Å². The maximum Gasteiger partial charge on any atom is 0.0600 e. The van der Waals surface area contributed by atoms with Gasteiger partial charge in [-0.05, 0) is 25.7 Å². The zero-order chi connectivity index (χ0) is 8.10. The van der Waals surface area contributed by atoms with Crippen LogP contribution in [0.4, 0.5) is 0 Å². The van der Waals surface area contributed by atoms with Gasteiger partial charge >= 0.3 is 0 Å². The third-order valence-corrected chi connectivity index (χ3v) is 2.00. The number of rotatable bonds is 4. The first-order chi connectivity index (χ1) is 5.33. The molecule has 1 aliphatic rings. The van der Waals surface area contributed by atoms with Gasteiger partial charge in [-0.15, -0.1) is 6.58 Å². The van der Waals surface area contributed by atoms with E-state index in [1.807, 2.05) is 0 Å². The number of hydrogen-bond acceptors (Lipinski definition) is 2. The highest BCUT2D eigenvalue weighted by atomic mass is 16.5. The summed E-state index contributed by atoms with van der Waals surface area (Å²) in [4.78, 5) is 0. The molecule has 2 heteroatoms. The van der Waals surface area contributed by atoms with Gasteiger partial charge in [0.1, 0.15) is 0 Å². The lowest BCUT2D eigenvalue weighted by Gasteiger charge is -2.12. The predicted molar refractivity (Wildman–Crippen MR) is 44.4 cm³/mol. The minimum absolute atomic E-state index is 0.254. The molecule has 2 nitrogen and oxygen atoms in total. The molecule has 0 bridgehead atoms. The van der Waals surface area contributed by atoms with Crippen molar-refractivity contribution in [2.45, 2.75) is 37.9 Å². The Balaban J connectivity index is 2.12. The molecule has 1 aliphatic heterocycles. The smallest absolute Gasteiger partial charge is 0.0600 e. The monoisotopic (exact) mass is 156 g/mol. The van der Waals surface area contributed by atoms with E-state index in [2.05, 4.69) is 6.58 Å². The summed E-state index contributed by atoms with van der Waals surface area (Å²) in [6.07, 6.45) is 5.49. The zero-order valence-electron chi connectivity index (χ0n) is 6.83. The summed E-state index contributed by atoms with van der Waals surface area (Å²) in [5.41, 5.74) is 0. The van der Waals surface area contributed by atoms with Crippen molar-refractivity contribution < 1.29 is 9.84 Å². The minimum atomic E-state index is -0.254. The number of aliphatic hydroxyl groups excluding tert-OH is 1. The van der Waals surface area contributed by atoms with Crippen LogP contribution in [0.25, 0.3) is 0 Å². The van der Waals surface area contributed by atoms with Crippen LogP contribution < -0.4 is 0 Å². The number of aliphatic hydroxyl groups is 1. The summed E-state index contributed by atoms with van der Waals surface area (Å²) in [7, 11) is 0. The molecule has 2 atom stereocenters. The normalized spacial score (nSPS) is 26.8. The molecule has 1 rings (SSSR count). The quantitative estimate of drug-likeness (QED) is 0.625. The third kappa shape index (κ3) is 3.04. The van der Waals surface area contributed by atoms with Gasteiger partial charge in [-0.2, -0.15) is 0 Å². The fourth-order valence-corrected chi connectivity index (χ4v) is 1.42. The lowest BCUT2D eigenvalue weighted by Crippen LogP contribution is -2.16. The summed E-state index contributed by atoms with van der Waals surface area (Å²) >= 11 is 0. The Bertz CT molecular complexity index is 117. The van der Waals surface area contributed by atoms with Gasteiger partial charge in [0.25, 0.3) is 0 Å². The molecule has 11 heavy (non-hydrogen) atoms. The van der Waals surface area contributed by atoms with Crippen LogP contribution >= 0.6 is 0 Å². The van der Waals surface area contributed by atoms with Gasteiger partial charge in [0.15, 0.2) is 0 Å². The third-order valence-electron chi connectivity index (χ3n) is 2.00. The van der Waals surface area contributed by atoms with E-state index in [-0.39, 0.29) is 6.10 Å². The molecule has 2 unspecified atom stereocenters. The molecular formula is C9H16O2. The van der Waals surface area contributed by atoms with Crippen molar-refractivity contribution in [1.29, 1.82) is 0 Å². The molecule has 0 aromatic heterocycles. The van der Waals surface area contributed by atoms with Crippen molar-refractivity contribution in [2.75, 3.05) is 6.61 Å². The van der Waals surface area contributed by atoms with Crippen LogP contribution in [0, 0.1) is 0 Å². The maximum absolute atomic E-state index is 9.36. The predicted octanol–water partition coefficient (Wildman–Crippen LogP) is 1.49. The van der Waals surface area contributed by atoms with Gasteiger partial charge in [0.05, 0.1) is 12.2 Å². The molecular weight excluding hydrogens is 140 g/mol. The molecule has 0 amide bonds. The average molecular weight is 156 g/mol. The summed E-state index contributed by atoms with van der Waals surface area (Å²) in [5.74, 6) is 0. The molecule has 0 spiro atoms. The van der Waals surface area contributed by atoms with E-state index >= 15 is 0 Å². The van der Waals surface area contributed by atoms with E-state index in [4.69, 9.17) is 4.74 Å². The van der Waals surface area contributed by atoms with Crippen LogP contribution in [0.5, 0.6) is 0 Å². The van der Waals surface area contributed by atoms with Crippen LogP contribution in [0.3, 0.4) is 0 Å². The Labute approximate surface area is 67.9 Å². The minimum Gasteiger partial charge on any atom is -0.393 e. The van der Waals surface area contributed by atoms with Gasteiger partial charge in [-0.3, -0.25) is 0 Å².